The van der Waals surface area contributed by atoms with E-state index in [1.807, 2.05) is 0 Å². The second-order valence-electron chi connectivity index (χ2n) is 4.30. The lowest BCUT2D eigenvalue weighted by Crippen LogP contribution is -2.40. The summed E-state index contributed by atoms with van der Waals surface area (Å²) in [7, 11) is 1.74. The lowest BCUT2D eigenvalue weighted by Gasteiger charge is -2.27. The van der Waals surface area contributed by atoms with Gasteiger partial charge in [-0.2, -0.15) is 0 Å². The fourth-order valence-electron chi connectivity index (χ4n) is 1.63. The molecule has 1 atom stereocenters. The van der Waals surface area contributed by atoms with E-state index in [2.05, 4.69) is 17.6 Å². The number of hydrogen-bond acceptors (Lipinski definition) is 3. The number of methoxy groups -OCH3 is 1. The van der Waals surface area contributed by atoms with Crippen molar-refractivity contribution < 1.29 is 4.74 Å². The summed E-state index contributed by atoms with van der Waals surface area (Å²) < 4.78 is 4.97. The first-order valence-electron chi connectivity index (χ1n) is 5.76. The van der Waals surface area contributed by atoms with Gasteiger partial charge in [-0.05, 0) is 32.2 Å². The molecule has 1 unspecified atom stereocenters. The summed E-state index contributed by atoms with van der Waals surface area (Å²) in [5.41, 5.74) is 0. The molecule has 1 fully saturated rings. The third-order valence-corrected chi connectivity index (χ3v) is 2.91. The van der Waals surface area contributed by atoms with Gasteiger partial charge >= 0.3 is 0 Å². The summed E-state index contributed by atoms with van der Waals surface area (Å²) in [5.74, 6) is 0.955. The summed E-state index contributed by atoms with van der Waals surface area (Å²) >= 11 is 0. The van der Waals surface area contributed by atoms with Crippen molar-refractivity contribution in [2.75, 3.05) is 33.4 Å². The van der Waals surface area contributed by atoms with Crippen LogP contribution < -0.4 is 10.6 Å². The smallest absolute Gasteiger partial charge is 0.0587 e. The molecule has 3 heteroatoms. The molecule has 0 bridgehead atoms. The minimum Gasteiger partial charge on any atom is -0.383 e. The fraction of sp³-hybridized carbons (Fsp3) is 1.00. The van der Waals surface area contributed by atoms with E-state index in [9.17, 15) is 0 Å². The molecule has 0 aromatic carbocycles. The minimum absolute atomic E-state index is 0.576. The highest BCUT2D eigenvalue weighted by molar-refractivity contribution is 4.74. The fourth-order valence-corrected chi connectivity index (χ4v) is 1.63. The van der Waals surface area contributed by atoms with Crippen LogP contribution in [0.2, 0.25) is 0 Å². The maximum Gasteiger partial charge on any atom is 0.0587 e. The van der Waals surface area contributed by atoms with E-state index in [4.69, 9.17) is 4.74 Å². The number of nitrogens with one attached hydrogen (secondary N) is 2. The molecule has 0 heterocycles. The van der Waals surface area contributed by atoms with E-state index in [-0.39, 0.29) is 0 Å². The first-order chi connectivity index (χ1) is 6.83. The van der Waals surface area contributed by atoms with Crippen LogP contribution in [0.3, 0.4) is 0 Å². The maximum atomic E-state index is 4.97. The Morgan fingerprint density at radius 3 is 2.79 bits per heavy atom. The van der Waals surface area contributed by atoms with Crippen molar-refractivity contribution >= 4 is 0 Å². The van der Waals surface area contributed by atoms with Gasteiger partial charge in [-0.15, -0.1) is 0 Å². The maximum absolute atomic E-state index is 4.97. The molecule has 0 aliphatic heterocycles. The molecule has 3 nitrogen and oxygen atoms in total. The first-order valence-corrected chi connectivity index (χ1v) is 5.76. The SMILES string of the molecule is COCCNCC(C)NCC1CCC1. The molecule has 1 rings (SSSR count). The molecule has 84 valence electrons. The van der Waals surface area contributed by atoms with Crippen molar-refractivity contribution in [1.82, 2.24) is 10.6 Å². The Hall–Kier alpha value is -0.120. The van der Waals surface area contributed by atoms with E-state index >= 15 is 0 Å². The van der Waals surface area contributed by atoms with Gasteiger partial charge in [-0.3, -0.25) is 0 Å². The van der Waals surface area contributed by atoms with Crippen LogP contribution in [-0.4, -0.2) is 39.4 Å². The van der Waals surface area contributed by atoms with Crippen molar-refractivity contribution in [2.45, 2.75) is 32.2 Å². The van der Waals surface area contributed by atoms with Gasteiger partial charge in [0.1, 0.15) is 0 Å². The molecule has 0 amide bonds. The number of rotatable bonds is 8. The van der Waals surface area contributed by atoms with Crippen LogP contribution >= 0.6 is 0 Å². The van der Waals surface area contributed by atoms with Crippen molar-refractivity contribution in [3.05, 3.63) is 0 Å². The van der Waals surface area contributed by atoms with Gasteiger partial charge in [-0.1, -0.05) is 6.42 Å². The molecule has 0 radical (unpaired) electrons. The molecular formula is C11H24N2O. The number of hydrogen-bond donors (Lipinski definition) is 2. The van der Waals surface area contributed by atoms with Crippen LogP contribution in [0.1, 0.15) is 26.2 Å². The van der Waals surface area contributed by atoms with E-state index < -0.39 is 0 Å². The molecule has 0 saturated heterocycles. The Morgan fingerprint density at radius 1 is 1.43 bits per heavy atom. The standard InChI is InChI=1S/C11H24N2O/c1-10(8-12-6-7-14-2)13-9-11-4-3-5-11/h10-13H,3-9H2,1-2H3. The molecule has 0 aromatic rings. The summed E-state index contributed by atoms with van der Waals surface area (Å²) in [5, 5.41) is 6.92. The predicted molar refractivity (Wildman–Crippen MR) is 59.6 cm³/mol. The molecule has 1 aliphatic carbocycles. The average Bonchev–Trinajstić information content (AvgIpc) is 2.10. The Labute approximate surface area is 87.6 Å². The van der Waals surface area contributed by atoms with Crippen LogP contribution in [0, 0.1) is 5.92 Å². The number of ether oxygens (including phenoxy) is 1. The highest BCUT2D eigenvalue weighted by Crippen LogP contribution is 2.25. The zero-order valence-corrected chi connectivity index (χ0v) is 9.51. The molecule has 2 N–H and O–H groups in total. The van der Waals surface area contributed by atoms with Crippen LogP contribution in [0.15, 0.2) is 0 Å². The van der Waals surface area contributed by atoms with Gasteiger partial charge in [-0.25, -0.2) is 0 Å². The molecule has 0 spiro atoms. The van der Waals surface area contributed by atoms with Crippen LogP contribution in [-0.2, 0) is 4.74 Å². The van der Waals surface area contributed by atoms with Gasteiger partial charge in [0.2, 0.25) is 0 Å². The van der Waals surface area contributed by atoms with Crippen LogP contribution in [0.25, 0.3) is 0 Å². The van der Waals surface area contributed by atoms with Crippen molar-refractivity contribution in [3.63, 3.8) is 0 Å². The monoisotopic (exact) mass is 200 g/mol. The minimum atomic E-state index is 0.576. The highest BCUT2D eigenvalue weighted by Gasteiger charge is 2.17. The van der Waals surface area contributed by atoms with E-state index in [0.29, 0.717) is 6.04 Å². The zero-order chi connectivity index (χ0) is 10.2. The molecule has 1 saturated carbocycles. The second-order valence-corrected chi connectivity index (χ2v) is 4.30. The van der Waals surface area contributed by atoms with Crippen molar-refractivity contribution in [3.8, 4) is 0 Å². The third kappa shape index (κ3) is 4.94. The normalized spacial score (nSPS) is 19.3. The highest BCUT2D eigenvalue weighted by atomic mass is 16.5. The molecule has 1 aliphatic rings. The first kappa shape index (κ1) is 12.0. The zero-order valence-electron chi connectivity index (χ0n) is 9.51. The third-order valence-electron chi connectivity index (χ3n) is 2.91. The molecular weight excluding hydrogens is 176 g/mol. The van der Waals surface area contributed by atoms with Crippen LogP contribution in [0.5, 0.6) is 0 Å². The summed E-state index contributed by atoms with van der Waals surface area (Å²) in [6, 6.07) is 0.576. The quantitative estimate of drug-likeness (QED) is 0.574. The predicted octanol–water partition coefficient (Wildman–Crippen LogP) is 1.00. The second kappa shape index (κ2) is 7.21. The Morgan fingerprint density at radius 2 is 2.21 bits per heavy atom. The topological polar surface area (TPSA) is 33.3 Å². The Balaban J connectivity index is 1.84. The van der Waals surface area contributed by atoms with E-state index in [1.54, 1.807) is 7.11 Å². The lowest BCUT2D eigenvalue weighted by atomic mass is 9.85. The van der Waals surface area contributed by atoms with Gasteiger partial charge in [0.25, 0.3) is 0 Å². The van der Waals surface area contributed by atoms with Crippen LogP contribution in [0.4, 0.5) is 0 Å². The van der Waals surface area contributed by atoms with Gasteiger partial charge in [0, 0.05) is 26.2 Å². The van der Waals surface area contributed by atoms with Crippen molar-refractivity contribution in [1.29, 1.82) is 0 Å². The molecule has 14 heavy (non-hydrogen) atoms. The van der Waals surface area contributed by atoms with Gasteiger partial charge in [0.05, 0.1) is 6.61 Å². The summed E-state index contributed by atoms with van der Waals surface area (Å²) in [4.78, 5) is 0. The summed E-state index contributed by atoms with van der Waals surface area (Å²) in [6.45, 7) is 6.23. The van der Waals surface area contributed by atoms with Gasteiger partial charge < -0.3 is 15.4 Å². The van der Waals surface area contributed by atoms with Crippen molar-refractivity contribution in [2.24, 2.45) is 5.92 Å². The van der Waals surface area contributed by atoms with Gasteiger partial charge in [0.15, 0.2) is 0 Å². The Kier molecular flexibility index (Phi) is 6.15. The Bertz CT molecular complexity index is 137. The van der Waals surface area contributed by atoms with E-state index in [1.165, 1.54) is 25.8 Å². The lowest BCUT2D eigenvalue weighted by molar-refractivity contribution is 0.198. The largest absolute Gasteiger partial charge is 0.383 e. The average molecular weight is 200 g/mol. The molecule has 0 aromatic heterocycles. The van der Waals surface area contributed by atoms with E-state index in [0.717, 1.165) is 25.6 Å². The summed E-state index contributed by atoms with van der Waals surface area (Å²) in [6.07, 6.45) is 4.29.